The van der Waals surface area contributed by atoms with E-state index in [2.05, 4.69) is 10.3 Å². The number of halogens is 3. The number of benzene rings is 1. The van der Waals surface area contributed by atoms with E-state index < -0.39 is 29.8 Å². The van der Waals surface area contributed by atoms with E-state index in [4.69, 9.17) is 0 Å². The maximum atomic E-state index is 12.6. The molecule has 1 aromatic heterocycles. The van der Waals surface area contributed by atoms with Crippen LogP contribution in [-0.4, -0.2) is 39.6 Å². The normalized spacial score (nSPS) is 18.4. The first-order valence-corrected chi connectivity index (χ1v) is 7.97. The van der Waals surface area contributed by atoms with Crippen LogP contribution in [0.25, 0.3) is 10.6 Å². The van der Waals surface area contributed by atoms with E-state index in [0.29, 0.717) is 15.4 Å². The van der Waals surface area contributed by atoms with Crippen LogP contribution in [0.4, 0.5) is 18.0 Å². The van der Waals surface area contributed by atoms with Crippen molar-refractivity contribution in [3.05, 3.63) is 40.9 Å². The molecular weight excluding hydrogens is 359 g/mol. The molecule has 132 valence electrons. The molecular formula is C15H12F3N3O3S. The number of nitrogens with zero attached hydrogens (tertiary/aromatic N) is 2. The minimum Gasteiger partial charge on any atom is -0.381 e. The number of aliphatic hydroxyl groups excluding tert-OH is 1. The number of thiazole rings is 1. The van der Waals surface area contributed by atoms with E-state index in [1.165, 1.54) is 18.3 Å². The summed E-state index contributed by atoms with van der Waals surface area (Å²) in [4.78, 5) is 29.1. The fourth-order valence-electron chi connectivity index (χ4n) is 2.27. The van der Waals surface area contributed by atoms with Crippen LogP contribution in [0, 0.1) is 0 Å². The molecule has 0 radical (unpaired) electrons. The van der Waals surface area contributed by atoms with Crippen molar-refractivity contribution in [2.75, 3.05) is 6.54 Å². The third-order valence-electron chi connectivity index (χ3n) is 3.57. The number of nitrogens with one attached hydrogen (secondary N) is 1. The second kappa shape index (κ2) is 6.45. The van der Waals surface area contributed by atoms with Crippen LogP contribution in [0.15, 0.2) is 30.5 Å². The van der Waals surface area contributed by atoms with Gasteiger partial charge in [0.2, 0.25) is 0 Å². The third kappa shape index (κ3) is 3.64. The Balaban J connectivity index is 1.76. The first-order chi connectivity index (χ1) is 11.8. The Morgan fingerprint density at radius 1 is 1.28 bits per heavy atom. The number of amides is 3. The zero-order valence-corrected chi connectivity index (χ0v) is 13.4. The van der Waals surface area contributed by atoms with E-state index in [-0.39, 0.29) is 13.1 Å². The van der Waals surface area contributed by atoms with Crippen LogP contribution < -0.4 is 5.32 Å². The zero-order chi connectivity index (χ0) is 18.2. The molecule has 2 heterocycles. The van der Waals surface area contributed by atoms with Crippen molar-refractivity contribution in [3.8, 4) is 10.6 Å². The molecule has 3 amide bonds. The van der Waals surface area contributed by atoms with Crippen LogP contribution >= 0.6 is 11.3 Å². The highest BCUT2D eigenvalue weighted by Gasteiger charge is 2.33. The van der Waals surface area contributed by atoms with Crippen molar-refractivity contribution in [3.63, 3.8) is 0 Å². The molecule has 0 unspecified atom stereocenters. The Kier molecular flexibility index (Phi) is 4.48. The number of aromatic nitrogens is 1. The van der Waals surface area contributed by atoms with Crippen LogP contribution in [0.1, 0.15) is 10.4 Å². The lowest BCUT2D eigenvalue weighted by Gasteiger charge is -2.28. The molecule has 2 aromatic rings. The van der Waals surface area contributed by atoms with Gasteiger partial charge in [-0.25, -0.2) is 9.78 Å². The molecule has 0 spiro atoms. The first-order valence-electron chi connectivity index (χ1n) is 7.15. The number of β-amino-alcohol motifs (C(OH)–C–C–N with tert-alkyl or cyclic N) is 1. The Labute approximate surface area is 143 Å². The summed E-state index contributed by atoms with van der Waals surface area (Å²) >= 11 is 1.15. The minimum atomic E-state index is -4.41. The average Bonchev–Trinajstić information content (AvgIpc) is 3.03. The zero-order valence-electron chi connectivity index (χ0n) is 12.6. The fourth-order valence-corrected chi connectivity index (χ4v) is 3.17. The van der Waals surface area contributed by atoms with Crippen molar-refractivity contribution < 1.29 is 27.9 Å². The Bertz CT molecular complexity index is 804. The van der Waals surface area contributed by atoms with Gasteiger partial charge in [-0.05, 0) is 12.1 Å². The number of imide groups is 1. The highest BCUT2D eigenvalue weighted by Crippen LogP contribution is 2.32. The minimum absolute atomic E-state index is 0.0694. The monoisotopic (exact) mass is 371 g/mol. The Hall–Kier alpha value is -2.46. The molecule has 1 fully saturated rings. The molecule has 1 saturated heterocycles. The van der Waals surface area contributed by atoms with Gasteiger partial charge in [-0.1, -0.05) is 12.1 Å². The van der Waals surface area contributed by atoms with Crippen molar-refractivity contribution in [1.82, 2.24) is 15.2 Å². The van der Waals surface area contributed by atoms with Gasteiger partial charge in [0.05, 0.1) is 18.7 Å². The fraction of sp³-hybridized carbons (Fsp3) is 0.267. The number of alkyl halides is 3. The smallest absolute Gasteiger partial charge is 0.381 e. The summed E-state index contributed by atoms with van der Waals surface area (Å²) in [5, 5.41) is 12.4. The Morgan fingerprint density at radius 3 is 2.60 bits per heavy atom. The van der Waals surface area contributed by atoms with Gasteiger partial charge in [0.1, 0.15) is 5.01 Å². The summed E-state index contributed by atoms with van der Waals surface area (Å²) in [5.41, 5.74) is -0.253. The molecule has 1 atom stereocenters. The lowest BCUT2D eigenvalue weighted by atomic mass is 10.1. The maximum Gasteiger partial charge on any atom is 0.416 e. The molecule has 0 aliphatic carbocycles. The number of carbonyl (C=O) groups is 2. The molecule has 1 aromatic carbocycles. The van der Waals surface area contributed by atoms with Gasteiger partial charge < -0.3 is 10.4 Å². The second-order valence-electron chi connectivity index (χ2n) is 5.33. The number of aliphatic hydroxyl groups is 1. The summed E-state index contributed by atoms with van der Waals surface area (Å²) in [5.74, 6) is -0.701. The average molecular weight is 371 g/mol. The molecule has 6 nitrogen and oxygen atoms in total. The number of carbonyl (C=O) groups excluding carboxylic acids is 2. The molecule has 25 heavy (non-hydrogen) atoms. The number of urea groups is 1. The van der Waals surface area contributed by atoms with E-state index in [9.17, 15) is 27.9 Å². The summed E-state index contributed by atoms with van der Waals surface area (Å²) < 4.78 is 37.7. The van der Waals surface area contributed by atoms with Gasteiger partial charge in [0.25, 0.3) is 5.91 Å². The van der Waals surface area contributed by atoms with Gasteiger partial charge in [-0.3, -0.25) is 9.69 Å². The standard InChI is InChI=1S/C15H12F3N3O3S/c16-15(17,18)9-3-1-8(2-4-9)12-19-5-10(25-12)7-21-13(23)11(22)6-20-14(21)24/h1-5,11,22H,6-7H2,(H,20,24)/t11-/m0/s1. The SMILES string of the molecule is O=C1NC[C@H](O)C(=O)N1Cc1cnc(-c2ccc(C(F)(F)F)cc2)s1. The third-order valence-corrected chi connectivity index (χ3v) is 4.60. The predicted octanol–water partition coefficient (Wildman–Crippen LogP) is 2.24. The van der Waals surface area contributed by atoms with Crippen molar-refractivity contribution in [1.29, 1.82) is 0 Å². The van der Waals surface area contributed by atoms with Crippen molar-refractivity contribution in [2.45, 2.75) is 18.8 Å². The first kappa shape index (κ1) is 17.4. The summed E-state index contributed by atoms with van der Waals surface area (Å²) in [6.07, 6.45) is -4.26. The predicted molar refractivity (Wildman–Crippen MR) is 82.5 cm³/mol. The molecule has 2 N–H and O–H groups in total. The number of hydrogen-bond acceptors (Lipinski definition) is 5. The van der Waals surface area contributed by atoms with Crippen LogP contribution in [-0.2, 0) is 17.5 Å². The molecule has 10 heteroatoms. The highest BCUT2D eigenvalue weighted by molar-refractivity contribution is 7.15. The van der Waals surface area contributed by atoms with Gasteiger partial charge in [-0.15, -0.1) is 11.3 Å². The van der Waals surface area contributed by atoms with Crippen LogP contribution in [0.5, 0.6) is 0 Å². The molecule has 1 aliphatic heterocycles. The van der Waals surface area contributed by atoms with Crippen LogP contribution in [0.2, 0.25) is 0 Å². The van der Waals surface area contributed by atoms with Crippen molar-refractivity contribution in [2.24, 2.45) is 0 Å². The second-order valence-corrected chi connectivity index (χ2v) is 6.45. The van der Waals surface area contributed by atoms with Gasteiger partial charge >= 0.3 is 12.2 Å². The number of hydrogen-bond donors (Lipinski definition) is 2. The summed E-state index contributed by atoms with van der Waals surface area (Å²) in [6.45, 7) is -0.201. The van der Waals surface area contributed by atoms with E-state index in [0.717, 1.165) is 28.4 Å². The van der Waals surface area contributed by atoms with Crippen molar-refractivity contribution >= 4 is 23.3 Å². The maximum absolute atomic E-state index is 12.6. The van der Waals surface area contributed by atoms with E-state index >= 15 is 0 Å². The van der Waals surface area contributed by atoms with E-state index in [1.807, 2.05) is 0 Å². The molecule has 3 rings (SSSR count). The highest BCUT2D eigenvalue weighted by atomic mass is 32.1. The molecule has 0 bridgehead atoms. The van der Waals surface area contributed by atoms with Gasteiger partial charge in [-0.2, -0.15) is 13.2 Å². The molecule has 0 saturated carbocycles. The summed E-state index contributed by atoms with van der Waals surface area (Å²) in [7, 11) is 0. The van der Waals surface area contributed by atoms with E-state index in [1.54, 1.807) is 0 Å². The largest absolute Gasteiger partial charge is 0.416 e. The lowest BCUT2D eigenvalue weighted by Crippen LogP contribution is -2.56. The Morgan fingerprint density at radius 2 is 1.96 bits per heavy atom. The van der Waals surface area contributed by atoms with Crippen LogP contribution in [0.3, 0.4) is 0 Å². The molecule has 1 aliphatic rings. The van der Waals surface area contributed by atoms with Gasteiger partial charge in [0, 0.05) is 16.6 Å². The van der Waals surface area contributed by atoms with Gasteiger partial charge in [0.15, 0.2) is 6.10 Å². The summed E-state index contributed by atoms with van der Waals surface area (Å²) in [6, 6.07) is 3.95. The lowest BCUT2D eigenvalue weighted by molar-refractivity contribution is -0.139. The topological polar surface area (TPSA) is 82.5 Å². The number of rotatable bonds is 3. The quantitative estimate of drug-likeness (QED) is 0.867.